The summed E-state index contributed by atoms with van der Waals surface area (Å²) >= 11 is 0. The van der Waals surface area contributed by atoms with Crippen LogP contribution in [0.5, 0.6) is 11.5 Å². The summed E-state index contributed by atoms with van der Waals surface area (Å²) in [7, 11) is 2.98. The van der Waals surface area contributed by atoms with E-state index in [-0.39, 0.29) is 11.1 Å². The number of hydrogen-bond acceptors (Lipinski definition) is 5. The van der Waals surface area contributed by atoms with Gasteiger partial charge in [-0.15, -0.1) is 0 Å². The van der Waals surface area contributed by atoms with Crippen molar-refractivity contribution < 1.29 is 23.8 Å². The molecule has 2 aromatic rings. The maximum absolute atomic E-state index is 11.9. The largest absolute Gasteiger partial charge is 0.497 e. The smallest absolute Gasteiger partial charge is 0.346 e. The van der Waals surface area contributed by atoms with E-state index in [9.17, 15) is 9.59 Å². The standard InChI is InChI=1S/C16H14O5/c1-19-13-7-3-5-11(9-13)15(17)21-16(18)12-6-4-8-14(10-12)20-2/h3-10H,1-2H3. The number of benzene rings is 2. The van der Waals surface area contributed by atoms with Crippen LogP contribution >= 0.6 is 0 Å². The molecule has 0 N–H and O–H groups in total. The van der Waals surface area contributed by atoms with E-state index < -0.39 is 11.9 Å². The average Bonchev–Trinajstić information content (AvgIpc) is 2.54. The van der Waals surface area contributed by atoms with Crippen LogP contribution in [0, 0.1) is 0 Å². The summed E-state index contributed by atoms with van der Waals surface area (Å²) in [6.45, 7) is 0. The van der Waals surface area contributed by atoms with Gasteiger partial charge in [0.15, 0.2) is 0 Å². The molecule has 108 valence electrons. The maximum atomic E-state index is 11.9. The summed E-state index contributed by atoms with van der Waals surface area (Å²) < 4.78 is 14.9. The van der Waals surface area contributed by atoms with Crippen LogP contribution in [0.15, 0.2) is 48.5 Å². The van der Waals surface area contributed by atoms with Crippen molar-refractivity contribution in [1.82, 2.24) is 0 Å². The highest BCUT2D eigenvalue weighted by Gasteiger charge is 2.15. The Morgan fingerprint density at radius 2 is 1.19 bits per heavy atom. The van der Waals surface area contributed by atoms with Gasteiger partial charge in [0.2, 0.25) is 0 Å². The van der Waals surface area contributed by atoms with Crippen molar-refractivity contribution in [2.24, 2.45) is 0 Å². The van der Waals surface area contributed by atoms with E-state index in [1.54, 1.807) is 36.4 Å². The molecule has 5 heteroatoms. The molecule has 2 rings (SSSR count). The number of rotatable bonds is 4. The Kier molecular flexibility index (Phi) is 4.56. The molecule has 2 aromatic carbocycles. The highest BCUT2D eigenvalue weighted by atomic mass is 16.6. The molecule has 0 aliphatic rings. The maximum Gasteiger partial charge on any atom is 0.346 e. The summed E-state index contributed by atoms with van der Waals surface area (Å²) in [5.74, 6) is -0.444. The summed E-state index contributed by atoms with van der Waals surface area (Å²) in [5, 5.41) is 0. The number of carbonyl (C=O) groups is 2. The third-order valence-electron chi connectivity index (χ3n) is 2.80. The Bertz CT molecular complexity index is 606. The zero-order valence-electron chi connectivity index (χ0n) is 11.7. The monoisotopic (exact) mass is 286 g/mol. The first-order chi connectivity index (χ1) is 10.1. The van der Waals surface area contributed by atoms with Gasteiger partial charge >= 0.3 is 11.9 Å². The predicted octanol–water partition coefficient (Wildman–Crippen LogP) is 2.70. The quantitative estimate of drug-likeness (QED) is 0.639. The van der Waals surface area contributed by atoms with Gasteiger partial charge in [-0.1, -0.05) is 12.1 Å². The Hall–Kier alpha value is -2.82. The lowest BCUT2D eigenvalue weighted by Crippen LogP contribution is -2.13. The van der Waals surface area contributed by atoms with Gasteiger partial charge < -0.3 is 14.2 Å². The lowest BCUT2D eigenvalue weighted by Gasteiger charge is -2.06. The Balaban J connectivity index is 2.12. The summed E-state index contributed by atoms with van der Waals surface area (Å²) in [6.07, 6.45) is 0. The molecule has 0 saturated carbocycles. The van der Waals surface area contributed by atoms with Crippen LogP contribution in [0.3, 0.4) is 0 Å². The minimum Gasteiger partial charge on any atom is -0.497 e. The SMILES string of the molecule is COc1cccc(C(=O)OC(=O)c2cccc(OC)c2)c1. The highest BCUT2D eigenvalue weighted by Crippen LogP contribution is 2.16. The molecule has 0 spiro atoms. The minimum atomic E-state index is -0.735. The van der Waals surface area contributed by atoms with Crippen LogP contribution in [0.2, 0.25) is 0 Å². The van der Waals surface area contributed by atoms with Gasteiger partial charge in [0.25, 0.3) is 0 Å². The molecule has 21 heavy (non-hydrogen) atoms. The molecular weight excluding hydrogens is 272 g/mol. The van der Waals surface area contributed by atoms with Gasteiger partial charge in [0.1, 0.15) is 11.5 Å². The lowest BCUT2D eigenvalue weighted by atomic mass is 10.2. The fraction of sp³-hybridized carbons (Fsp3) is 0.125. The van der Waals surface area contributed by atoms with Crippen LogP contribution in [-0.4, -0.2) is 26.2 Å². The van der Waals surface area contributed by atoms with Gasteiger partial charge in [0.05, 0.1) is 25.3 Å². The van der Waals surface area contributed by atoms with Gasteiger partial charge in [-0.05, 0) is 36.4 Å². The number of hydrogen-bond donors (Lipinski definition) is 0. The molecule has 0 radical (unpaired) electrons. The molecule has 5 nitrogen and oxygen atoms in total. The molecule has 0 aliphatic carbocycles. The normalized spacial score (nSPS) is 9.81. The third-order valence-corrected chi connectivity index (χ3v) is 2.80. The van der Waals surface area contributed by atoms with Crippen LogP contribution in [-0.2, 0) is 4.74 Å². The molecule has 0 atom stereocenters. The topological polar surface area (TPSA) is 61.8 Å². The number of methoxy groups -OCH3 is 2. The first-order valence-electron chi connectivity index (χ1n) is 6.18. The van der Waals surface area contributed by atoms with Crippen LogP contribution in [0.1, 0.15) is 20.7 Å². The lowest BCUT2D eigenvalue weighted by molar-refractivity contribution is 0.0397. The zero-order chi connectivity index (χ0) is 15.2. The summed E-state index contributed by atoms with van der Waals surface area (Å²) in [4.78, 5) is 23.8. The minimum absolute atomic E-state index is 0.241. The molecule has 0 unspecified atom stereocenters. The van der Waals surface area contributed by atoms with Crippen LogP contribution < -0.4 is 9.47 Å². The molecule has 0 aromatic heterocycles. The molecule has 0 saturated heterocycles. The van der Waals surface area contributed by atoms with Gasteiger partial charge in [-0.3, -0.25) is 0 Å². The molecule has 0 fully saturated rings. The Labute approximate surface area is 122 Å². The van der Waals surface area contributed by atoms with Gasteiger partial charge in [0, 0.05) is 0 Å². The van der Waals surface area contributed by atoms with E-state index >= 15 is 0 Å². The molecule has 0 amide bonds. The second kappa shape index (κ2) is 6.56. The predicted molar refractivity (Wildman–Crippen MR) is 75.7 cm³/mol. The van der Waals surface area contributed by atoms with Crippen molar-refractivity contribution in [3.63, 3.8) is 0 Å². The Morgan fingerprint density at radius 1 is 0.762 bits per heavy atom. The first-order valence-corrected chi connectivity index (χ1v) is 6.18. The highest BCUT2D eigenvalue weighted by molar-refractivity contribution is 6.02. The molecule has 0 bridgehead atoms. The van der Waals surface area contributed by atoms with Gasteiger partial charge in [-0.2, -0.15) is 0 Å². The van der Waals surface area contributed by atoms with E-state index in [1.165, 1.54) is 26.4 Å². The van der Waals surface area contributed by atoms with Crippen molar-refractivity contribution >= 4 is 11.9 Å². The van der Waals surface area contributed by atoms with E-state index in [0.717, 1.165) is 0 Å². The van der Waals surface area contributed by atoms with Crippen molar-refractivity contribution in [2.75, 3.05) is 14.2 Å². The Morgan fingerprint density at radius 3 is 1.57 bits per heavy atom. The van der Waals surface area contributed by atoms with E-state index in [4.69, 9.17) is 14.2 Å². The second-order valence-electron chi connectivity index (χ2n) is 4.14. The van der Waals surface area contributed by atoms with Crippen molar-refractivity contribution in [3.8, 4) is 11.5 Å². The van der Waals surface area contributed by atoms with Gasteiger partial charge in [-0.25, -0.2) is 9.59 Å². The van der Waals surface area contributed by atoms with Crippen LogP contribution in [0.4, 0.5) is 0 Å². The van der Waals surface area contributed by atoms with Crippen molar-refractivity contribution in [1.29, 1.82) is 0 Å². The fourth-order valence-electron chi connectivity index (χ4n) is 1.70. The molecule has 0 heterocycles. The average molecular weight is 286 g/mol. The fourth-order valence-corrected chi connectivity index (χ4v) is 1.70. The van der Waals surface area contributed by atoms with E-state index in [2.05, 4.69) is 0 Å². The van der Waals surface area contributed by atoms with Crippen LogP contribution in [0.25, 0.3) is 0 Å². The van der Waals surface area contributed by atoms with E-state index in [1.807, 2.05) is 0 Å². The van der Waals surface area contributed by atoms with E-state index in [0.29, 0.717) is 11.5 Å². The van der Waals surface area contributed by atoms with Crippen molar-refractivity contribution in [2.45, 2.75) is 0 Å². The zero-order valence-corrected chi connectivity index (χ0v) is 11.7. The second-order valence-corrected chi connectivity index (χ2v) is 4.14. The number of carbonyl (C=O) groups excluding carboxylic acids is 2. The summed E-state index contributed by atoms with van der Waals surface area (Å²) in [6, 6.07) is 12.8. The number of ether oxygens (including phenoxy) is 3. The third kappa shape index (κ3) is 3.60. The first kappa shape index (κ1) is 14.6. The molecule has 0 aliphatic heterocycles. The number of esters is 2. The summed E-state index contributed by atoms with van der Waals surface area (Å²) in [5.41, 5.74) is 0.483. The molecular formula is C16H14O5. The van der Waals surface area contributed by atoms with Crippen molar-refractivity contribution in [3.05, 3.63) is 59.7 Å².